The highest BCUT2D eigenvalue weighted by Crippen LogP contribution is 2.29. The minimum Gasteiger partial charge on any atom is -0.495 e. The van der Waals surface area contributed by atoms with Gasteiger partial charge >= 0.3 is 0 Å². The number of carbonyl (C=O) groups excluding carboxylic acids is 1. The lowest BCUT2D eigenvalue weighted by atomic mass is 10.1. The summed E-state index contributed by atoms with van der Waals surface area (Å²) in [6.45, 7) is 0.617. The average molecular weight is 294 g/mol. The zero-order valence-corrected chi connectivity index (χ0v) is 12.2. The third kappa shape index (κ3) is 3.26. The maximum atomic E-state index is 12.2. The fourth-order valence-electron chi connectivity index (χ4n) is 2.19. The first-order valence-corrected chi connectivity index (χ1v) is 6.93. The Kier molecular flexibility index (Phi) is 4.92. The zero-order valence-electron chi connectivity index (χ0n) is 11.3. The minimum atomic E-state index is -0.423. The predicted molar refractivity (Wildman–Crippen MR) is 81.1 cm³/mol. The number of nitrogens with one attached hydrogen (secondary N) is 1. The molecule has 5 nitrogen and oxygen atoms in total. The summed E-state index contributed by atoms with van der Waals surface area (Å²) in [4.78, 5) is 12.4. The van der Waals surface area contributed by atoms with Gasteiger partial charge in [-0.25, -0.2) is 0 Å². The van der Waals surface area contributed by atoms with E-state index in [-0.39, 0.29) is 10.9 Å². The van der Waals surface area contributed by atoms with Gasteiger partial charge in [-0.3, -0.25) is 4.79 Å². The van der Waals surface area contributed by atoms with Gasteiger partial charge in [-0.15, -0.1) is 0 Å². The van der Waals surface area contributed by atoms with E-state index in [4.69, 9.17) is 27.4 Å². The molecule has 1 aromatic carbocycles. The molecule has 1 fully saturated rings. The number of hydrogen-bond donors (Lipinski definition) is 2. The van der Waals surface area contributed by atoms with Crippen LogP contribution in [-0.4, -0.2) is 30.7 Å². The summed E-state index contributed by atoms with van der Waals surface area (Å²) in [6.07, 6.45) is 2.29. The molecular formula is C14H18N2O3S. The Bertz CT molecular complexity index is 513. The number of anilines is 1. The lowest BCUT2D eigenvalue weighted by Gasteiger charge is -2.23. The first-order valence-electron chi connectivity index (χ1n) is 6.52. The second-order valence-corrected chi connectivity index (χ2v) is 5.03. The smallest absolute Gasteiger partial charge is 0.253 e. The van der Waals surface area contributed by atoms with E-state index in [0.29, 0.717) is 23.6 Å². The Morgan fingerprint density at radius 3 is 2.90 bits per heavy atom. The van der Waals surface area contributed by atoms with E-state index in [9.17, 15) is 4.79 Å². The Morgan fingerprint density at radius 1 is 1.50 bits per heavy atom. The van der Waals surface area contributed by atoms with Gasteiger partial charge in [0.1, 0.15) is 16.8 Å². The van der Waals surface area contributed by atoms with Crippen LogP contribution in [0.2, 0.25) is 0 Å². The van der Waals surface area contributed by atoms with Crippen LogP contribution in [0.25, 0.3) is 0 Å². The lowest BCUT2D eigenvalue weighted by molar-refractivity contribution is -0.129. The van der Waals surface area contributed by atoms with E-state index >= 15 is 0 Å². The van der Waals surface area contributed by atoms with E-state index in [0.717, 1.165) is 19.3 Å². The van der Waals surface area contributed by atoms with E-state index < -0.39 is 6.10 Å². The summed E-state index contributed by atoms with van der Waals surface area (Å²) in [5.41, 5.74) is 6.77. The standard InChI is InChI=1S/C14H18N2O3S/c1-18-10-7-4-5-9(13(15)20)12(10)16-14(17)11-6-2-3-8-19-11/h4-5,7,11H,2-3,6,8H2,1H3,(H2,15,20)(H,16,17). The topological polar surface area (TPSA) is 73.6 Å². The van der Waals surface area contributed by atoms with Crippen molar-refractivity contribution in [3.8, 4) is 5.75 Å². The van der Waals surface area contributed by atoms with Crippen molar-refractivity contribution in [1.82, 2.24) is 0 Å². The summed E-state index contributed by atoms with van der Waals surface area (Å²) >= 11 is 5.01. The molecule has 1 aliphatic heterocycles. The highest BCUT2D eigenvalue weighted by atomic mass is 32.1. The van der Waals surface area contributed by atoms with Crippen molar-refractivity contribution in [2.75, 3.05) is 19.0 Å². The van der Waals surface area contributed by atoms with Gasteiger partial charge < -0.3 is 20.5 Å². The lowest BCUT2D eigenvalue weighted by Crippen LogP contribution is -2.34. The molecule has 3 N–H and O–H groups in total. The number of amides is 1. The number of ether oxygens (including phenoxy) is 2. The monoisotopic (exact) mass is 294 g/mol. The van der Waals surface area contributed by atoms with Crippen molar-refractivity contribution in [1.29, 1.82) is 0 Å². The van der Waals surface area contributed by atoms with E-state index in [1.807, 2.05) is 0 Å². The second kappa shape index (κ2) is 6.67. The van der Waals surface area contributed by atoms with Crippen LogP contribution < -0.4 is 15.8 Å². The summed E-state index contributed by atoms with van der Waals surface area (Å²) in [5, 5.41) is 2.82. The predicted octanol–water partition coefficient (Wildman–Crippen LogP) is 1.84. The van der Waals surface area contributed by atoms with Gasteiger partial charge in [0.15, 0.2) is 0 Å². The molecule has 0 aromatic heterocycles. The normalized spacial score (nSPS) is 18.4. The largest absolute Gasteiger partial charge is 0.495 e. The number of hydrogen-bond acceptors (Lipinski definition) is 4. The number of methoxy groups -OCH3 is 1. The molecule has 20 heavy (non-hydrogen) atoms. The number of rotatable bonds is 4. The molecule has 6 heteroatoms. The molecule has 1 amide bonds. The van der Waals surface area contributed by atoms with Crippen LogP contribution in [0.4, 0.5) is 5.69 Å². The highest BCUT2D eigenvalue weighted by molar-refractivity contribution is 7.80. The van der Waals surface area contributed by atoms with Gasteiger partial charge in [0.25, 0.3) is 5.91 Å². The van der Waals surface area contributed by atoms with Crippen LogP contribution >= 0.6 is 12.2 Å². The van der Waals surface area contributed by atoms with Crippen molar-refractivity contribution >= 4 is 28.8 Å². The fraction of sp³-hybridized carbons (Fsp3) is 0.429. The van der Waals surface area contributed by atoms with E-state index in [1.54, 1.807) is 18.2 Å². The van der Waals surface area contributed by atoms with Crippen molar-refractivity contribution in [3.05, 3.63) is 23.8 Å². The second-order valence-electron chi connectivity index (χ2n) is 4.59. The van der Waals surface area contributed by atoms with Crippen molar-refractivity contribution in [2.45, 2.75) is 25.4 Å². The summed E-state index contributed by atoms with van der Waals surface area (Å²) in [5.74, 6) is 0.339. The van der Waals surface area contributed by atoms with Crippen molar-refractivity contribution in [3.63, 3.8) is 0 Å². The molecule has 1 unspecified atom stereocenters. The summed E-state index contributed by atoms with van der Waals surface area (Å²) < 4.78 is 10.7. The fourth-order valence-corrected chi connectivity index (χ4v) is 2.36. The Morgan fingerprint density at radius 2 is 2.30 bits per heavy atom. The first-order chi connectivity index (χ1) is 9.63. The minimum absolute atomic E-state index is 0.188. The summed E-state index contributed by atoms with van der Waals surface area (Å²) in [7, 11) is 1.53. The Labute approximate surface area is 123 Å². The van der Waals surface area contributed by atoms with Gasteiger partial charge in [0.2, 0.25) is 0 Å². The van der Waals surface area contributed by atoms with Gasteiger partial charge in [-0.1, -0.05) is 18.3 Å². The van der Waals surface area contributed by atoms with E-state index in [2.05, 4.69) is 5.32 Å². The molecule has 1 heterocycles. The Hall–Kier alpha value is -1.66. The van der Waals surface area contributed by atoms with Gasteiger partial charge in [-0.2, -0.15) is 0 Å². The summed E-state index contributed by atoms with van der Waals surface area (Å²) in [6, 6.07) is 5.28. The first kappa shape index (κ1) is 14.7. The van der Waals surface area contributed by atoms with Gasteiger partial charge in [0.05, 0.1) is 12.8 Å². The van der Waals surface area contributed by atoms with Gasteiger partial charge in [0, 0.05) is 12.2 Å². The molecule has 0 bridgehead atoms. The van der Waals surface area contributed by atoms with Crippen LogP contribution in [0.15, 0.2) is 18.2 Å². The molecule has 1 aliphatic rings. The Balaban J connectivity index is 2.22. The number of thiocarbonyl (C=S) groups is 1. The van der Waals surface area contributed by atoms with Crippen molar-refractivity contribution < 1.29 is 14.3 Å². The number of benzene rings is 1. The number of para-hydroxylation sites is 1. The van der Waals surface area contributed by atoms with Gasteiger partial charge in [-0.05, 0) is 31.4 Å². The maximum absolute atomic E-state index is 12.2. The molecule has 108 valence electrons. The maximum Gasteiger partial charge on any atom is 0.253 e. The molecule has 0 radical (unpaired) electrons. The number of nitrogens with two attached hydrogens (primary N) is 1. The van der Waals surface area contributed by atoms with Crippen LogP contribution in [0.5, 0.6) is 5.75 Å². The average Bonchev–Trinajstić information content (AvgIpc) is 2.48. The third-order valence-electron chi connectivity index (χ3n) is 3.23. The number of carbonyl (C=O) groups is 1. The molecule has 1 aromatic rings. The molecule has 2 rings (SSSR count). The highest BCUT2D eigenvalue weighted by Gasteiger charge is 2.24. The van der Waals surface area contributed by atoms with E-state index in [1.165, 1.54) is 7.11 Å². The molecule has 0 saturated carbocycles. The van der Waals surface area contributed by atoms with Crippen LogP contribution in [0.1, 0.15) is 24.8 Å². The molecule has 0 spiro atoms. The van der Waals surface area contributed by atoms with Crippen LogP contribution in [0.3, 0.4) is 0 Å². The molecule has 1 saturated heterocycles. The SMILES string of the molecule is COc1cccc(C(N)=S)c1NC(=O)C1CCCCO1. The molecule has 0 aliphatic carbocycles. The molecular weight excluding hydrogens is 276 g/mol. The zero-order chi connectivity index (χ0) is 14.5. The van der Waals surface area contributed by atoms with Crippen molar-refractivity contribution in [2.24, 2.45) is 5.73 Å². The third-order valence-corrected chi connectivity index (χ3v) is 3.45. The van der Waals surface area contributed by atoms with Crippen LogP contribution in [0, 0.1) is 0 Å². The molecule has 1 atom stereocenters. The van der Waals surface area contributed by atoms with Crippen LogP contribution in [-0.2, 0) is 9.53 Å². The quantitative estimate of drug-likeness (QED) is 0.829.